The zero-order valence-corrected chi connectivity index (χ0v) is 12.8. The molecule has 0 heterocycles. The molecule has 0 aromatic carbocycles. The van der Waals surface area contributed by atoms with Crippen molar-refractivity contribution in [3.8, 4) is 6.07 Å². The Kier molecular flexibility index (Phi) is 5.85. The van der Waals surface area contributed by atoms with Crippen LogP contribution >= 0.6 is 0 Å². The van der Waals surface area contributed by atoms with E-state index in [1.54, 1.807) is 0 Å². The summed E-state index contributed by atoms with van der Waals surface area (Å²) in [6.07, 6.45) is 5.88. The molecule has 19 heavy (non-hydrogen) atoms. The Balaban J connectivity index is 2.43. The monoisotopic (exact) mass is 264 g/mol. The van der Waals surface area contributed by atoms with E-state index in [1.165, 1.54) is 0 Å². The van der Waals surface area contributed by atoms with Gasteiger partial charge in [-0.25, -0.2) is 0 Å². The first-order chi connectivity index (χ1) is 8.88. The van der Waals surface area contributed by atoms with Gasteiger partial charge < -0.3 is 5.32 Å². The highest BCUT2D eigenvalue weighted by atomic mass is 16.1. The van der Waals surface area contributed by atoms with Gasteiger partial charge in [0, 0.05) is 5.92 Å². The van der Waals surface area contributed by atoms with Crippen LogP contribution in [0.2, 0.25) is 0 Å². The number of nitrogens with zero attached hydrogens (tertiary/aromatic N) is 1. The molecule has 3 heteroatoms. The molecule has 108 valence electrons. The van der Waals surface area contributed by atoms with Gasteiger partial charge in [0.05, 0.1) is 6.07 Å². The molecule has 1 N–H and O–H groups in total. The Hall–Kier alpha value is -1.04. The molecule has 1 unspecified atom stereocenters. The molecule has 0 spiro atoms. The van der Waals surface area contributed by atoms with Crippen molar-refractivity contribution in [1.82, 2.24) is 5.32 Å². The van der Waals surface area contributed by atoms with Gasteiger partial charge in [-0.3, -0.25) is 4.79 Å². The molecular formula is C16H28N2O. The quantitative estimate of drug-likeness (QED) is 0.842. The van der Waals surface area contributed by atoms with Gasteiger partial charge in [0.25, 0.3) is 0 Å². The standard InChI is InChI=1S/C16H28N2O/c1-5-6-14(11-17)18-15(19)12-7-9-13(10-8-12)16(2,3)4/h12-14H,5-10H2,1-4H3,(H,18,19). The Morgan fingerprint density at radius 1 is 1.32 bits per heavy atom. The molecule has 0 radical (unpaired) electrons. The van der Waals surface area contributed by atoms with Crippen LogP contribution < -0.4 is 5.32 Å². The molecule has 1 rings (SSSR count). The van der Waals surface area contributed by atoms with Gasteiger partial charge in [0.2, 0.25) is 5.91 Å². The van der Waals surface area contributed by atoms with Crippen molar-refractivity contribution >= 4 is 5.91 Å². The maximum atomic E-state index is 12.1. The van der Waals surface area contributed by atoms with E-state index in [9.17, 15) is 4.79 Å². The Labute approximate surface area is 117 Å². The summed E-state index contributed by atoms with van der Waals surface area (Å²) in [5.41, 5.74) is 0.346. The summed E-state index contributed by atoms with van der Waals surface area (Å²) in [5.74, 6) is 0.928. The van der Waals surface area contributed by atoms with Crippen molar-refractivity contribution in [2.45, 2.75) is 72.3 Å². The van der Waals surface area contributed by atoms with Gasteiger partial charge in [0.1, 0.15) is 6.04 Å². The van der Waals surface area contributed by atoms with Crippen LogP contribution in [0.5, 0.6) is 0 Å². The minimum Gasteiger partial charge on any atom is -0.340 e. The average molecular weight is 264 g/mol. The zero-order valence-electron chi connectivity index (χ0n) is 12.8. The number of rotatable bonds is 4. The predicted octanol–water partition coefficient (Wildman–Crippen LogP) is 3.65. The molecule has 1 atom stereocenters. The molecule has 0 aromatic rings. The first-order valence-corrected chi connectivity index (χ1v) is 7.58. The zero-order chi connectivity index (χ0) is 14.5. The maximum absolute atomic E-state index is 12.1. The lowest BCUT2D eigenvalue weighted by atomic mass is 9.69. The topological polar surface area (TPSA) is 52.9 Å². The van der Waals surface area contributed by atoms with Gasteiger partial charge in [0.15, 0.2) is 0 Å². The Morgan fingerprint density at radius 2 is 1.89 bits per heavy atom. The fraction of sp³-hybridized carbons (Fsp3) is 0.875. The molecule has 1 aliphatic rings. The van der Waals surface area contributed by atoms with E-state index in [4.69, 9.17) is 5.26 Å². The molecule has 3 nitrogen and oxygen atoms in total. The maximum Gasteiger partial charge on any atom is 0.224 e. The second kappa shape index (κ2) is 6.93. The third kappa shape index (κ3) is 4.86. The SMILES string of the molecule is CCCC(C#N)NC(=O)C1CCC(C(C)(C)C)CC1. The van der Waals surface area contributed by atoms with Crippen molar-refractivity contribution in [3.63, 3.8) is 0 Å². The number of carbonyl (C=O) groups is 1. The highest BCUT2D eigenvalue weighted by Crippen LogP contribution is 2.39. The number of amides is 1. The van der Waals surface area contributed by atoms with Gasteiger partial charge in [-0.1, -0.05) is 34.1 Å². The number of carbonyl (C=O) groups excluding carboxylic acids is 1. The van der Waals surface area contributed by atoms with Gasteiger partial charge >= 0.3 is 0 Å². The van der Waals surface area contributed by atoms with E-state index >= 15 is 0 Å². The van der Waals surface area contributed by atoms with Crippen LogP contribution in [-0.2, 0) is 4.79 Å². The van der Waals surface area contributed by atoms with Crippen molar-refractivity contribution in [3.05, 3.63) is 0 Å². The van der Waals surface area contributed by atoms with Crippen molar-refractivity contribution < 1.29 is 4.79 Å². The van der Waals surface area contributed by atoms with Gasteiger partial charge in [-0.15, -0.1) is 0 Å². The van der Waals surface area contributed by atoms with E-state index in [0.717, 1.165) is 44.4 Å². The highest BCUT2D eigenvalue weighted by Gasteiger charge is 2.32. The van der Waals surface area contributed by atoms with Gasteiger partial charge in [-0.2, -0.15) is 5.26 Å². The van der Waals surface area contributed by atoms with Gasteiger partial charge in [-0.05, 0) is 43.4 Å². The minimum absolute atomic E-state index is 0.0901. The van der Waals surface area contributed by atoms with Crippen molar-refractivity contribution in [1.29, 1.82) is 5.26 Å². The summed E-state index contributed by atoms with van der Waals surface area (Å²) < 4.78 is 0. The fourth-order valence-electron chi connectivity index (χ4n) is 2.97. The van der Waals surface area contributed by atoms with Crippen LogP contribution in [0.1, 0.15) is 66.2 Å². The van der Waals surface area contributed by atoms with E-state index in [0.29, 0.717) is 5.41 Å². The molecule has 1 fully saturated rings. The summed E-state index contributed by atoms with van der Waals surface area (Å²) in [6.45, 7) is 8.88. The number of hydrogen-bond donors (Lipinski definition) is 1. The first-order valence-electron chi connectivity index (χ1n) is 7.58. The van der Waals surface area contributed by atoms with Crippen molar-refractivity contribution in [2.75, 3.05) is 0 Å². The summed E-state index contributed by atoms with van der Waals surface area (Å²) in [5, 5.41) is 11.9. The fourth-order valence-corrected chi connectivity index (χ4v) is 2.97. The normalized spacial score (nSPS) is 25.4. The smallest absolute Gasteiger partial charge is 0.224 e. The Bertz CT molecular complexity index is 330. The lowest BCUT2D eigenvalue weighted by molar-refractivity contribution is -0.127. The third-order valence-corrected chi connectivity index (χ3v) is 4.37. The molecule has 1 saturated carbocycles. The largest absolute Gasteiger partial charge is 0.340 e. The van der Waals surface area contributed by atoms with E-state index in [1.807, 2.05) is 6.92 Å². The number of hydrogen-bond acceptors (Lipinski definition) is 2. The van der Waals surface area contributed by atoms with Crippen molar-refractivity contribution in [2.24, 2.45) is 17.3 Å². The number of nitriles is 1. The molecule has 0 aliphatic heterocycles. The predicted molar refractivity (Wildman–Crippen MR) is 77.4 cm³/mol. The third-order valence-electron chi connectivity index (χ3n) is 4.37. The first kappa shape index (κ1) is 16.0. The van der Waals surface area contributed by atoms with Crippen LogP contribution in [0.4, 0.5) is 0 Å². The molecule has 1 aliphatic carbocycles. The molecule has 0 aromatic heterocycles. The van der Waals surface area contributed by atoms with Crippen LogP contribution in [0.25, 0.3) is 0 Å². The van der Waals surface area contributed by atoms with Crippen LogP contribution in [0, 0.1) is 28.6 Å². The molecule has 1 amide bonds. The molecule has 0 bridgehead atoms. The van der Waals surface area contributed by atoms with Crippen LogP contribution in [-0.4, -0.2) is 11.9 Å². The molecular weight excluding hydrogens is 236 g/mol. The number of nitrogens with one attached hydrogen (secondary N) is 1. The second-order valence-corrected chi connectivity index (χ2v) is 6.89. The molecule has 0 saturated heterocycles. The minimum atomic E-state index is -0.308. The average Bonchev–Trinajstić information content (AvgIpc) is 2.37. The van der Waals surface area contributed by atoms with Crippen LogP contribution in [0.15, 0.2) is 0 Å². The highest BCUT2D eigenvalue weighted by molar-refractivity contribution is 5.79. The second-order valence-electron chi connectivity index (χ2n) is 6.89. The van der Waals surface area contributed by atoms with E-state index < -0.39 is 0 Å². The van der Waals surface area contributed by atoms with Crippen LogP contribution in [0.3, 0.4) is 0 Å². The lowest BCUT2D eigenvalue weighted by Gasteiger charge is -2.36. The van der Waals surface area contributed by atoms with E-state index in [-0.39, 0.29) is 17.9 Å². The summed E-state index contributed by atoms with van der Waals surface area (Å²) in [6, 6.07) is 1.87. The lowest BCUT2D eigenvalue weighted by Crippen LogP contribution is -2.40. The summed E-state index contributed by atoms with van der Waals surface area (Å²) >= 11 is 0. The summed E-state index contributed by atoms with van der Waals surface area (Å²) in [4.78, 5) is 12.1. The Morgan fingerprint density at radius 3 is 2.32 bits per heavy atom. The summed E-state index contributed by atoms with van der Waals surface area (Å²) in [7, 11) is 0. The van der Waals surface area contributed by atoms with E-state index in [2.05, 4.69) is 32.2 Å².